The van der Waals surface area contributed by atoms with Gasteiger partial charge in [0.05, 0.1) is 0 Å². The van der Waals surface area contributed by atoms with Crippen LogP contribution in [0.1, 0.15) is 44.0 Å². The van der Waals surface area contributed by atoms with Crippen molar-refractivity contribution in [1.82, 2.24) is 20.1 Å². The summed E-state index contributed by atoms with van der Waals surface area (Å²) < 4.78 is 1.78. The van der Waals surface area contributed by atoms with Crippen molar-refractivity contribution >= 4 is 35.6 Å². The van der Waals surface area contributed by atoms with Crippen LogP contribution in [0.4, 0.5) is 5.69 Å². The van der Waals surface area contributed by atoms with Crippen molar-refractivity contribution < 1.29 is 0 Å². The maximum atomic E-state index is 4.86. The zero-order valence-corrected chi connectivity index (χ0v) is 17.8. The fourth-order valence-electron chi connectivity index (χ4n) is 4.30. The maximum Gasteiger partial charge on any atom is 0.198 e. The van der Waals surface area contributed by atoms with E-state index in [0.717, 1.165) is 24.9 Å². The lowest BCUT2D eigenvalue weighted by Crippen LogP contribution is -2.43. The Morgan fingerprint density at radius 1 is 1.27 bits per heavy atom. The third kappa shape index (κ3) is 3.33. The van der Waals surface area contributed by atoms with Crippen molar-refractivity contribution in [3.63, 3.8) is 0 Å². The van der Waals surface area contributed by atoms with E-state index < -0.39 is 0 Å². The van der Waals surface area contributed by atoms with Crippen LogP contribution in [-0.4, -0.2) is 33.8 Å². The molecule has 0 atom stereocenters. The third-order valence-electron chi connectivity index (χ3n) is 5.55. The van der Waals surface area contributed by atoms with Crippen molar-refractivity contribution in [3.8, 4) is 0 Å². The molecule has 0 radical (unpaired) electrons. The van der Waals surface area contributed by atoms with Crippen LogP contribution in [0.25, 0.3) is 0 Å². The van der Waals surface area contributed by atoms with Gasteiger partial charge in [-0.3, -0.25) is 4.68 Å². The van der Waals surface area contributed by atoms with Crippen molar-refractivity contribution in [2.24, 2.45) is 12.0 Å². The number of rotatable bonds is 3. The molecular formula is C19H27IN6. The standard InChI is InChI=1S/C19H26N6.HI/c1-3-20-18(21-12-17-22-14-23-24(17)2)25-13-19(10-6-7-11-19)15-8-4-5-9-16(15)25;/h4-5,8-9,14H,3,6-7,10-13H2,1-2H3,(H,20,21);1H. The first-order valence-corrected chi connectivity index (χ1v) is 9.22. The second kappa shape index (κ2) is 7.94. The van der Waals surface area contributed by atoms with Gasteiger partial charge in [-0.2, -0.15) is 5.10 Å². The number of guanidine groups is 1. The van der Waals surface area contributed by atoms with E-state index in [1.165, 1.54) is 36.9 Å². The monoisotopic (exact) mass is 466 g/mol. The van der Waals surface area contributed by atoms with Gasteiger partial charge in [-0.05, 0) is 31.4 Å². The van der Waals surface area contributed by atoms with Gasteiger partial charge in [0.25, 0.3) is 0 Å². The molecule has 7 heteroatoms. The van der Waals surface area contributed by atoms with Crippen molar-refractivity contribution in [2.45, 2.75) is 44.6 Å². The summed E-state index contributed by atoms with van der Waals surface area (Å²) in [5.41, 5.74) is 3.11. The van der Waals surface area contributed by atoms with Crippen molar-refractivity contribution in [3.05, 3.63) is 42.0 Å². The van der Waals surface area contributed by atoms with E-state index in [2.05, 4.69) is 51.5 Å². The van der Waals surface area contributed by atoms with E-state index in [1.54, 1.807) is 11.0 Å². The third-order valence-corrected chi connectivity index (χ3v) is 5.55. The second-order valence-electron chi connectivity index (χ2n) is 7.06. The first-order chi connectivity index (χ1) is 12.2. The quantitative estimate of drug-likeness (QED) is 0.429. The average Bonchev–Trinajstić information content (AvgIpc) is 3.34. The Morgan fingerprint density at radius 2 is 2.04 bits per heavy atom. The molecule has 0 saturated heterocycles. The molecule has 2 aromatic rings. The van der Waals surface area contributed by atoms with Gasteiger partial charge in [0.2, 0.25) is 0 Å². The molecule has 1 aromatic carbocycles. The topological polar surface area (TPSA) is 58.3 Å². The number of benzene rings is 1. The van der Waals surface area contributed by atoms with Crippen LogP contribution in [0.5, 0.6) is 0 Å². The van der Waals surface area contributed by atoms with Gasteiger partial charge < -0.3 is 10.2 Å². The van der Waals surface area contributed by atoms with E-state index >= 15 is 0 Å². The van der Waals surface area contributed by atoms with E-state index in [1.807, 2.05) is 7.05 Å². The Morgan fingerprint density at radius 3 is 2.73 bits per heavy atom. The molecule has 1 aromatic heterocycles. The molecule has 140 valence electrons. The van der Waals surface area contributed by atoms with Crippen LogP contribution in [0, 0.1) is 0 Å². The van der Waals surface area contributed by atoms with Crippen LogP contribution in [-0.2, 0) is 19.0 Å². The first-order valence-electron chi connectivity index (χ1n) is 9.22. The Labute approximate surface area is 172 Å². The first kappa shape index (κ1) is 19.1. The van der Waals surface area contributed by atoms with Gasteiger partial charge in [0, 0.05) is 31.2 Å². The van der Waals surface area contributed by atoms with Gasteiger partial charge in [0.1, 0.15) is 18.7 Å². The molecule has 0 bridgehead atoms. The van der Waals surface area contributed by atoms with Crippen LogP contribution in [0.3, 0.4) is 0 Å². The van der Waals surface area contributed by atoms with E-state index in [4.69, 9.17) is 4.99 Å². The second-order valence-corrected chi connectivity index (χ2v) is 7.06. The summed E-state index contributed by atoms with van der Waals surface area (Å²) in [6, 6.07) is 8.85. The molecule has 1 N–H and O–H groups in total. The van der Waals surface area contributed by atoms with Gasteiger partial charge in [-0.1, -0.05) is 31.0 Å². The number of fused-ring (bicyclic) bond motifs is 2. The fourth-order valence-corrected chi connectivity index (χ4v) is 4.30. The van der Waals surface area contributed by atoms with E-state index in [9.17, 15) is 0 Å². The average molecular weight is 466 g/mol. The number of anilines is 1. The van der Waals surface area contributed by atoms with Gasteiger partial charge >= 0.3 is 0 Å². The van der Waals surface area contributed by atoms with Crippen LogP contribution < -0.4 is 10.2 Å². The smallest absolute Gasteiger partial charge is 0.198 e. The normalized spacial score (nSPS) is 18.1. The minimum atomic E-state index is 0. The highest BCUT2D eigenvalue weighted by atomic mass is 127. The predicted octanol–water partition coefficient (Wildman–Crippen LogP) is 3.23. The Kier molecular flexibility index (Phi) is 5.84. The number of para-hydroxylation sites is 1. The molecule has 0 unspecified atom stereocenters. The van der Waals surface area contributed by atoms with Crippen LogP contribution in [0.15, 0.2) is 35.6 Å². The summed E-state index contributed by atoms with van der Waals surface area (Å²) >= 11 is 0. The predicted molar refractivity (Wildman–Crippen MR) is 115 cm³/mol. The Hall–Kier alpha value is -1.64. The molecule has 1 saturated carbocycles. The maximum absolute atomic E-state index is 4.86. The number of aromatic nitrogens is 3. The number of nitrogens with zero attached hydrogens (tertiary/aromatic N) is 5. The molecule has 2 heterocycles. The van der Waals surface area contributed by atoms with Crippen molar-refractivity contribution in [1.29, 1.82) is 0 Å². The molecule has 26 heavy (non-hydrogen) atoms. The lowest BCUT2D eigenvalue weighted by atomic mass is 9.81. The summed E-state index contributed by atoms with van der Waals surface area (Å²) in [5, 5.41) is 7.61. The molecule has 6 nitrogen and oxygen atoms in total. The Bertz CT molecular complexity index is 778. The highest BCUT2D eigenvalue weighted by Gasteiger charge is 2.45. The van der Waals surface area contributed by atoms with Gasteiger partial charge in [0.15, 0.2) is 5.96 Å². The molecule has 2 aliphatic rings. The number of halogens is 1. The molecular weight excluding hydrogens is 439 g/mol. The molecule has 4 rings (SSSR count). The Balaban J connectivity index is 0.00000196. The number of aliphatic imine (C=N–C) groups is 1. The highest BCUT2D eigenvalue weighted by Crippen LogP contribution is 2.50. The number of nitrogens with one attached hydrogen (secondary N) is 1. The molecule has 1 aliphatic heterocycles. The lowest BCUT2D eigenvalue weighted by Gasteiger charge is -2.26. The summed E-state index contributed by atoms with van der Waals surface area (Å²) in [7, 11) is 1.91. The molecule has 1 spiro atoms. The van der Waals surface area contributed by atoms with Crippen LogP contribution >= 0.6 is 24.0 Å². The largest absolute Gasteiger partial charge is 0.356 e. The van der Waals surface area contributed by atoms with Gasteiger partial charge in [-0.15, -0.1) is 24.0 Å². The zero-order chi connectivity index (χ0) is 17.3. The SMILES string of the molecule is CCNC(=NCc1ncnn1C)N1CC2(CCCC2)c2ccccc21.I. The highest BCUT2D eigenvalue weighted by molar-refractivity contribution is 14.0. The van der Waals surface area contributed by atoms with E-state index in [-0.39, 0.29) is 24.0 Å². The number of hydrogen-bond acceptors (Lipinski definition) is 3. The summed E-state index contributed by atoms with van der Waals surface area (Å²) in [4.78, 5) is 11.5. The van der Waals surface area contributed by atoms with E-state index in [0.29, 0.717) is 12.0 Å². The number of aryl methyl sites for hydroxylation is 1. The van der Waals surface area contributed by atoms with Gasteiger partial charge in [-0.25, -0.2) is 9.98 Å². The lowest BCUT2D eigenvalue weighted by molar-refractivity contribution is 0.478. The summed E-state index contributed by atoms with van der Waals surface area (Å²) in [6.07, 6.45) is 6.80. The zero-order valence-electron chi connectivity index (χ0n) is 15.5. The summed E-state index contributed by atoms with van der Waals surface area (Å²) in [6.45, 7) is 4.52. The fraction of sp³-hybridized carbons (Fsp3) is 0.526. The molecule has 1 aliphatic carbocycles. The number of hydrogen-bond donors (Lipinski definition) is 1. The molecule has 1 fully saturated rings. The van der Waals surface area contributed by atoms with Crippen molar-refractivity contribution in [2.75, 3.05) is 18.0 Å². The summed E-state index contributed by atoms with van der Waals surface area (Å²) in [5.74, 6) is 1.82. The molecule has 0 amide bonds. The minimum Gasteiger partial charge on any atom is -0.356 e. The van der Waals surface area contributed by atoms with Crippen LogP contribution in [0.2, 0.25) is 0 Å². The minimum absolute atomic E-state index is 0.